The standard InChI is InChI=1S/C15H22N2O3/c1-11(9-15(2,10-16)17-3)20-14-7-12(18-4)6-13(8-14)19-5/h6-8,11,17H,9H2,1-5H3. The highest BCUT2D eigenvalue weighted by atomic mass is 16.5. The Labute approximate surface area is 120 Å². The summed E-state index contributed by atoms with van der Waals surface area (Å²) in [5, 5.41) is 12.2. The van der Waals surface area contributed by atoms with Gasteiger partial charge in [0.15, 0.2) is 0 Å². The molecule has 0 fully saturated rings. The molecule has 0 aliphatic heterocycles. The molecule has 5 nitrogen and oxygen atoms in total. The highest BCUT2D eigenvalue weighted by Crippen LogP contribution is 2.28. The van der Waals surface area contributed by atoms with Crippen LogP contribution in [0.4, 0.5) is 0 Å². The number of nitrogens with one attached hydrogen (secondary N) is 1. The molecule has 5 heteroatoms. The molecule has 1 aromatic rings. The second-order valence-corrected chi connectivity index (χ2v) is 4.87. The molecular weight excluding hydrogens is 256 g/mol. The SMILES string of the molecule is CNC(C)(C#N)CC(C)Oc1cc(OC)cc(OC)c1. The molecule has 1 rings (SSSR count). The van der Waals surface area contributed by atoms with Crippen LogP contribution in [0, 0.1) is 11.3 Å². The second-order valence-electron chi connectivity index (χ2n) is 4.87. The topological polar surface area (TPSA) is 63.5 Å². The fraction of sp³-hybridized carbons (Fsp3) is 0.533. The van der Waals surface area contributed by atoms with E-state index in [9.17, 15) is 0 Å². The number of hydrogen-bond acceptors (Lipinski definition) is 5. The molecule has 0 radical (unpaired) electrons. The van der Waals surface area contributed by atoms with Gasteiger partial charge in [0, 0.05) is 24.6 Å². The maximum atomic E-state index is 9.16. The van der Waals surface area contributed by atoms with Crippen molar-refractivity contribution in [3.63, 3.8) is 0 Å². The third-order valence-electron chi connectivity index (χ3n) is 3.16. The Morgan fingerprint density at radius 2 is 1.70 bits per heavy atom. The number of methoxy groups -OCH3 is 2. The molecule has 0 aromatic heterocycles. The zero-order chi connectivity index (χ0) is 15.2. The summed E-state index contributed by atoms with van der Waals surface area (Å²) in [4.78, 5) is 0. The number of benzene rings is 1. The second kappa shape index (κ2) is 7.01. The average molecular weight is 278 g/mol. The number of nitriles is 1. The molecule has 2 unspecified atom stereocenters. The Balaban J connectivity index is 2.80. The molecule has 20 heavy (non-hydrogen) atoms. The molecule has 0 heterocycles. The Hall–Kier alpha value is -1.93. The van der Waals surface area contributed by atoms with Crippen molar-refractivity contribution in [2.24, 2.45) is 0 Å². The molecule has 0 saturated heterocycles. The quantitative estimate of drug-likeness (QED) is 0.829. The zero-order valence-corrected chi connectivity index (χ0v) is 12.7. The Kier molecular flexibility index (Phi) is 5.66. The van der Waals surface area contributed by atoms with Crippen LogP contribution in [-0.2, 0) is 0 Å². The molecule has 2 atom stereocenters. The van der Waals surface area contributed by atoms with Crippen LogP contribution < -0.4 is 19.5 Å². The van der Waals surface area contributed by atoms with E-state index >= 15 is 0 Å². The van der Waals surface area contributed by atoms with Crippen molar-refractivity contribution in [3.05, 3.63) is 18.2 Å². The van der Waals surface area contributed by atoms with Crippen LogP contribution in [0.25, 0.3) is 0 Å². The summed E-state index contributed by atoms with van der Waals surface area (Å²) < 4.78 is 16.2. The van der Waals surface area contributed by atoms with Crippen molar-refractivity contribution < 1.29 is 14.2 Å². The van der Waals surface area contributed by atoms with Gasteiger partial charge >= 0.3 is 0 Å². The fourth-order valence-electron chi connectivity index (χ4n) is 1.90. The maximum absolute atomic E-state index is 9.16. The first-order chi connectivity index (χ1) is 9.46. The van der Waals surface area contributed by atoms with E-state index in [1.807, 2.05) is 13.8 Å². The number of ether oxygens (including phenoxy) is 3. The molecule has 0 aliphatic rings. The van der Waals surface area contributed by atoms with Crippen molar-refractivity contribution in [3.8, 4) is 23.3 Å². The molecule has 110 valence electrons. The van der Waals surface area contributed by atoms with Gasteiger partial charge in [-0.05, 0) is 20.9 Å². The van der Waals surface area contributed by atoms with Crippen LogP contribution in [-0.4, -0.2) is 32.9 Å². The summed E-state index contributed by atoms with van der Waals surface area (Å²) in [5.74, 6) is 2.00. The van der Waals surface area contributed by atoms with Crippen LogP contribution >= 0.6 is 0 Å². The molecule has 0 spiro atoms. The largest absolute Gasteiger partial charge is 0.496 e. The van der Waals surface area contributed by atoms with Gasteiger partial charge in [-0.25, -0.2) is 0 Å². The minimum atomic E-state index is -0.609. The number of nitrogens with zero attached hydrogens (tertiary/aromatic N) is 1. The lowest BCUT2D eigenvalue weighted by atomic mass is 9.97. The summed E-state index contributed by atoms with van der Waals surface area (Å²) >= 11 is 0. The van der Waals surface area contributed by atoms with E-state index < -0.39 is 5.54 Å². The summed E-state index contributed by atoms with van der Waals surface area (Å²) in [6.45, 7) is 3.78. The van der Waals surface area contributed by atoms with E-state index in [0.717, 1.165) is 0 Å². The van der Waals surface area contributed by atoms with Crippen molar-refractivity contribution >= 4 is 0 Å². The fourth-order valence-corrected chi connectivity index (χ4v) is 1.90. The molecule has 0 saturated carbocycles. The predicted octanol–water partition coefficient (Wildman–Crippen LogP) is 2.36. The van der Waals surface area contributed by atoms with E-state index in [1.165, 1.54) is 0 Å². The normalized spacial score (nSPS) is 14.8. The summed E-state index contributed by atoms with van der Waals surface area (Å²) in [6.07, 6.45) is 0.448. The van der Waals surface area contributed by atoms with E-state index in [1.54, 1.807) is 39.5 Å². The van der Waals surface area contributed by atoms with E-state index in [0.29, 0.717) is 23.7 Å². The van der Waals surface area contributed by atoms with Crippen molar-refractivity contribution in [2.45, 2.75) is 31.9 Å². The lowest BCUT2D eigenvalue weighted by Gasteiger charge is -2.25. The molecule has 0 amide bonds. The van der Waals surface area contributed by atoms with Gasteiger partial charge in [0.2, 0.25) is 0 Å². The Morgan fingerprint density at radius 3 is 2.10 bits per heavy atom. The van der Waals surface area contributed by atoms with E-state index in [2.05, 4.69) is 11.4 Å². The molecule has 1 N–H and O–H groups in total. The maximum Gasteiger partial charge on any atom is 0.127 e. The summed E-state index contributed by atoms with van der Waals surface area (Å²) in [7, 11) is 4.95. The number of hydrogen-bond donors (Lipinski definition) is 1. The zero-order valence-electron chi connectivity index (χ0n) is 12.7. The minimum absolute atomic E-state index is 0.121. The van der Waals surface area contributed by atoms with Gasteiger partial charge in [0.05, 0.1) is 26.4 Å². The lowest BCUT2D eigenvalue weighted by Crippen LogP contribution is -2.41. The van der Waals surface area contributed by atoms with Gasteiger partial charge in [-0.2, -0.15) is 5.26 Å². The molecule has 0 bridgehead atoms. The third-order valence-corrected chi connectivity index (χ3v) is 3.16. The van der Waals surface area contributed by atoms with Crippen molar-refractivity contribution in [1.82, 2.24) is 5.32 Å². The highest BCUT2D eigenvalue weighted by Gasteiger charge is 2.25. The predicted molar refractivity (Wildman–Crippen MR) is 77.3 cm³/mol. The van der Waals surface area contributed by atoms with Crippen LogP contribution in [0.15, 0.2) is 18.2 Å². The van der Waals surface area contributed by atoms with Gasteiger partial charge in [-0.3, -0.25) is 0 Å². The van der Waals surface area contributed by atoms with Gasteiger partial charge < -0.3 is 19.5 Å². The smallest absolute Gasteiger partial charge is 0.127 e. The van der Waals surface area contributed by atoms with Gasteiger partial charge in [0.1, 0.15) is 22.8 Å². The lowest BCUT2D eigenvalue weighted by molar-refractivity contribution is 0.181. The average Bonchev–Trinajstić information content (AvgIpc) is 2.46. The van der Waals surface area contributed by atoms with Crippen molar-refractivity contribution in [2.75, 3.05) is 21.3 Å². The monoisotopic (exact) mass is 278 g/mol. The summed E-state index contributed by atoms with van der Waals surface area (Å²) in [6, 6.07) is 7.62. The minimum Gasteiger partial charge on any atom is -0.496 e. The first-order valence-electron chi connectivity index (χ1n) is 6.46. The molecular formula is C15H22N2O3. The first kappa shape index (κ1) is 16.1. The van der Waals surface area contributed by atoms with Gasteiger partial charge in [-0.15, -0.1) is 0 Å². The molecule has 0 aliphatic carbocycles. The first-order valence-corrected chi connectivity index (χ1v) is 6.46. The Morgan fingerprint density at radius 1 is 1.20 bits per heavy atom. The van der Waals surface area contributed by atoms with E-state index in [-0.39, 0.29) is 6.10 Å². The van der Waals surface area contributed by atoms with E-state index in [4.69, 9.17) is 19.5 Å². The summed E-state index contributed by atoms with van der Waals surface area (Å²) in [5.41, 5.74) is -0.609. The third kappa shape index (κ3) is 4.32. The van der Waals surface area contributed by atoms with Crippen LogP contribution in [0.5, 0.6) is 17.2 Å². The van der Waals surface area contributed by atoms with Crippen LogP contribution in [0.3, 0.4) is 0 Å². The molecule has 1 aromatic carbocycles. The highest BCUT2D eigenvalue weighted by molar-refractivity contribution is 5.42. The van der Waals surface area contributed by atoms with Crippen LogP contribution in [0.2, 0.25) is 0 Å². The Bertz CT molecular complexity index is 462. The van der Waals surface area contributed by atoms with Gasteiger partial charge in [-0.1, -0.05) is 0 Å². The van der Waals surface area contributed by atoms with Crippen LogP contribution in [0.1, 0.15) is 20.3 Å². The number of rotatable bonds is 7. The van der Waals surface area contributed by atoms with Crippen molar-refractivity contribution in [1.29, 1.82) is 5.26 Å². The van der Waals surface area contributed by atoms with Gasteiger partial charge in [0.25, 0.3) is 0 Å².